The lowest BCUT2D eigenvalue weighted by Gasteiger charge is -2.03. The first-order valence-corrected chi connectivity index (χ1v) is 3.99. The molecule has 3 N–H and O–H groups in total. The van der Waals surface area contributed by atoms with Gasteiger partial charge in [-0.3, -0.25) is 4.79 Å². The van der Waals surface area contributed by atoms with E-state index in [-0.39, 0.29) is 5.91 Å². The van der Waals surface area contributed by atoms with Crippen LogP contribution in [0.4, 0.5) is 11.4 Å². The molecular weight excluding hydrogens is 188 g/mol. The summed E-state index contributed by atoms with van der Waals surface area (Å²) in [5, 5.41) is 3.03. The van der Waals surface area contributed by atoms with Gasteiger partial charge < -0.3 is 11.1 Å². The van der Waals surface area contributed by atoms with Crippen molar-refractivity contribution in [3.05, 3.63) is 35.9 Å². The molecular formula is C9H9ClN2O. The van der Waals surface area contributed by atoms with E-state index in [1.807, 2.05) is 0 Å². The molecule has 0 aliphatic heterocycles. The number of benzene rings is 1. The molecule has 0 unspecified atom stereocenters. The van der Waals surface area contributed by atoms with Gasteiger partial charge in [0.1, 0.15) is 0 Å². The molecule has 0 bridgehead atoms. The van der Waals surface area contributed by atoms with Gasteiger partial charge in [-0.25, -0.2) is 0 Å². The third-order valence-corrected chi connectivity index (χ3v) is 1.79. The first kappa shape index (κ1) is 9.61. The summed E-state index contributed by atoms with van der Waals surface area (Å²) in [6.07, 6.45) is 1.19. The van der Waals surface area contributed by atoms with Crippen molar-refractivity contribution >= 4 is 28.9 Å². The number of amides is 1. The minimum atomic E-state index is -0.276. The first-order valence-electron chi connectivity index (χ1n) is 3.62. The van der Waals surface area contributed by atoms with Crippen LogP contribution in [0.2, 0.25) is 5.02 Å². The Morgan fingerprint density at radius 2 is 2.31 bits per heavy atom. The zero-order valence-corrected chi connectivity index (χ0v) is 7.64. The Hall–Kier alpha value is -1.48. The number of halogens is 1. The molecule has 0 atom stereocenters. The second-order valence-electron chi connectivity index (χ2n) is 2.43. The lowest BCUT2D eigenvalue weighted by Crippen LogP contribution is -2.07. The fourth-order valence-electron chi connectivity index (χ4n) is 0.815. The number of nitrogens with one attached hydrogen (secondary N) is 1. The normalized spacial score (nSPS) is 9.31. The molecule has 68 valence electrons. The number of nitrogens with two attached hydrogens (primary N) is 1. The van der Waals surface area contributed by atoms with E-state index in [0.29, 0.717) is 16.4 Å². The van der Waals surface area contributed by atoms with Crippen molar-refractivity contribution in [2.45, 2.75) is 0 Å². The van der Waals surface area contributed by atoms with Gasteiger partial charge in [-0.2, -0.15) is 0 Å². The van der Waals surface area contributed by atoms with Gasteiger partial charge in [-0.05, 0) is 24.3 Å². The summed E-state index contributed by atoms with van der Waals surface area (Å²) in [4.78, 5) is 10.9. The van der Waals surface area contributed by atoms with E-state index < -0.39 is 0 Å². The third-order valence-electron chi connectivity index (χ3n) is 1.45. The van der Waals surface area contributed by atoms with Crippen molar-refractivity contribution < 1.29 is 4.79 Å². The van der Waals surface area contributed by atoms with Crippen LogP contribution in [-0.2, 0) is 4.79 Å². The summed E-state index contributed by atoms with van der Waals surface area (Å²) in [5.41, 5.74) is 6.57. The molecule has 0 saturated heterocycles. The van der Waals surface area contributed by atoms with E-state index in [1.165, 1.54) is 6.08 Å². The van der Waals surface area contributed by atoms with Gasteiger partial charge in [0.05, 0.1) is 10.7 Å². The summed E-state index contributed by atoms with van der Waals surface area (Å²) >= 11 is 5.69. The van der Waals surface area contributed by atoms with E-state index in [0.717, 1.165) is 0 Å². The van der Waals surface area contributed by atoms with Crippen molar-refractivity contribution in [2.24, 2.45) is 0 Å². The first-order chi connectivity index (χ1) is 6.13. The Kier molecular flexibility index (Phi) is 2.93. The maximum atomic E-state index is 10.9. The summed E-state index contributed by atoms with van der Waals surface area (Å²) < 4.78 is 0. The summed E-state index contributed by atoms with van der Waals surface area (Å²) in [5.74, 6) is -0.276. The predicted octanol–water partition coefficient (Wildman–Crippen LogP) is 2.05. The van der Waals surface area contributed by atoms with Crippen LogP contribution in [0.15, 0.2) is 30.9 Å². The predicted molar refractivity (Wildman–Crippen MR) is 54.7 cm³/mol. The highest BCUT2D eigenvalue weighted by Crippen LogP contribution is 2.22. The molecule has 1 aromatic rings. The molecule has 1 aromatic carbocycles. The third kappa shape index (κ3) is 2.49. The average Bonchev–Trinajstić information content (AvgIpc) is 2.11. The van der Waals surface area contributed by atoms with Crippen LogP contribution >= 0.6 is 11.6 Å². The second kappa shape index (κ2) is 3.96. The summed E-state index contributed by atoms with van der Waals surface area (Å²) in [6.45, 7) is 3.33. The molecule has 13 heavy (non-hydrogen) atoms. The van der Waals surface area contributed by atoms with Crippen molar-refractivity contribution in [3.63, 3.8) is 0 Å². The van der Waals surface area contributed by atoms with Crippen LogP contribution < -0.4 is 11.1 Å². The number of hydrogen-bond acceptors (Lipinski definition) is 2. The van der Waals surface area contributed by atoms with E-state index in [1.54, 1.807) is 18.2 Å². The van der Waals surface area contributed by atoms with Gasteiger partial charge >= 0.3 is 0 Å². The van der Waals surface area contributed by atoms with Crippen LogP contribution in [0.3, 0.4) is 0 Å². The molecule has 0 spiro atoms. The molecule has 0 radical (unpaired) electrons. The zero-order chi connectivity index (χ0) is 9.84. The maximum absolute atomic E-state index is 10.9. The van der Waals surface area contributed by atoms with Crippen LogP contribution in [0.5, 0.6) is 0 Å². The topological polar surface area (TPSA) is 55.1 Å². The fourth-order valence-corrected chi connectivity index (χ4v) is 0.932. The van der Waals surface area contributed by atoms with Gasteiger partial charge in [-0.15, -0.1) is 0 Å². The van der Waals surface area contributed by atoms with Gasteiger partial charge in [0.15, 0.2) is 0 Å². The van der Waals surface area contributed by atoms with Gasteiger partial charge in [-0.1, -0.05) is 18.2 Å². The van der Waals surface area contributed by atoms with Crippen LogP contribution in [0, 0.1) is 0 Å². The van der Waals surface area contributed by atoms with E-state index in [4.69, 9.17) is 17.3 Å². The Labute approximate surface area is 81.2 Å². The highest BCUT2D eigenvalue weighted by molar-refractivity contribution is 6.33. The van der Waals surface area contributed by atoms with Gasteiger partial charge in [0.25, 0.3) is 0 Å². The molecule has 0 saturated carbocycles. The van der Waals surface area contributed by atoms with E-state index >= 15 is 0 Å². The van der Waals surface area contributed by atoms with Gasteiger partial charge in [0, 0.05) is 5.69 Å². The van der Waals surface area contributed by atoms with E-state index in [2.05, 4.69) is 11.9 Å². The summed E-state index contributed by atoms with van der Waals surface area (Å²) in [7, 11) is 0. The monoisotopic (exact) mass is 196 g/mol. The quantitative estimate of drug-likeness (QED) is 0.562. The number of anilines is 2. The minimum absolute atomic E-state index is 0.276. The molecule has 0 aromatic heterocycles. The lowest BCUT2D eigenvalue weighted by atomic mass is 10.3. The summed E-state index contributed by atoms with van der Waals surface area (Å²) in [6, 6.07) is 4.87. The van der Waals surface area contributed by atoms with E-state index in [9.17, 15) is 4.79 Å². The van der Waals surface area contributed by atoms with Crippen LogP contribution in [0.1, 0.15) is 0 Å². The van der Waals surface area contributed by atoms with Crippen LogP contribution in [0.25, 0.3) is 0 Å². The maximum Gasteiger partial charge on any atom is 0.247 e. The van der Waals surface area contributed by atoms with Crippen molar-refractivity contribution in [1.82, 2.24) is 0 Å². The number of nitrogen functional groups attached to an aromatic ring is 1. The molecule has 1 amide bonds. The molecule has 3 nitrogen and oxygen atoms in total. The minimum Gasteiger partial charge on any atom is -0.397 e. The standard InChI is InChI=1S/C9H9ClN2O/c1-2-9(13)12-6-3-4-7(10)8(11)5-6/h2-5H,1,11H2,(H,12,13). The average molecular weight is 197 g/mol. The highest BCUT2D eigenvalue weighted by atomic mass is 35.5. The molecule has 1 rings (SSSR count). The van der Waals surface area contributed by atoms with Crippen molar-refractivity contribution in [1.29, 1.82) is 0 Å². The molecule has 0 aliphatic carbocycles. The molecule has 0 aliphatic rings. The number of hydrogen-bond donors (Lipinski definition) is 2. The SMILES string of the molecule is C=CC(=O)Nc1ccc(Cl)c(N)c1. The molecule has 0 heterocycles. The number of carbonyl (C=O) groups is 1. The van der Waals surface area contributed by atoms with Crippen molar-refractivity contribution in [3.8, 4) is 0 Å². The Morgan fingerprint density at radius 3 is 2.85 bits per heavy atom. The van der Waals surface area contributed by atoms with Gasteiger partial charge in [0.2, 0.25) is 5.91 Å². The Balaban J connectivity index is 2.85. The smallest absolute Gasteiger partial charge is 0.247 e. The molecule has 4 heteroatoms. The Bertz CT molecular complexity index is 349. The fraction of sp³-hybridized carbons (Fsp3) is 0. The number of carbonyl (C=O) groups excluding carboxylic acids is 1. The molecule has 0 fully saturated rings. The Morgan fingerprint density at radius 1 is 1.62 bits per heavy atom. The highest BCUT2D eigenvalue weighted by Gasteiger charge is 1.99. The largest absolute Gasteiger partial charge is 0.397 e. The number of rotatable bonds is 2. The second-order valence-corrected chi connectivity index (χ2v) is 2.84. The zero-order valence-electron chi connectivity index (χ0n) is 6.88. The lowest BCUT2D eigenvalue weighted by molar-refractivity contribution is -0.111. The van der Waals surface area contributed by atoms with Crippen molar-refractivity contribution in [2.75, 3.05) is 11.1 Å². The van der Waals surface area contributed by atoms with Crippen LogP contribution in [-0.4, -0.2) is 5.91 Å².